The molecular weight excluding hydrogens is 334 g/mol. The molecule has 1 aliphatic heterocycles. The van der Waals surface area contributed by atoms with Gasteiger partial charge in [0.25, 0.3) is 5.56 Å². The maximum atomic E-state index is 12.3. The lowest BCUT2D eigenvalue weighted by molar-refractivity contribution is 0.397. The molecule has 3 aromatic rings. The summed E-state index contributed by atoms with van der Waals surface area (Å²) >= 11 is 3.45. The number of furan rings is 1. The van der Waals surface area contributed by atoms with E-state index in [1.807, 2.05) is 18.2 Å². The van der Waals surface area contributed by atoms with Crippen LogP contribution < -0.4 is 10.9 Å². The second kappa shape index (κ2) is 4.96. The number of piperidine rings is 1. The molecule has 1 aliphatic rings. The van der Waals surface area contributed by atoms with E-state index in [2.05, 4.69) is 31.2 Å². The van der Waals surface area contributed by atoms with E-state index in [9.17, 15) is 4.79 Å². The Balaban J connectivity index is 1.96. The summed E-state index contributed by atoms with van der Waals surface area (Å²) in [5.41, 5.74) is 1.40. The SMILES string of the molecule is O=c1[nH]c(C2CCCCN2)nc2c1oc1ccc(Br)cc12. The number of nitrogens with zero attached hydrogens (tertiary/aromatic N) is 1. The fourth-order valence-corrected chi connectivity index (χ4v) is 3.25. The molecule has 6 heteroatoms. The van der Waals surface area contributed by atoms with Crippen LogP contribution in [0.15, 0.2) is 31.9 Å². The number of hydrogen-bond acceptors (Lipinski definition) is 4. The smallest absolute Gasteiger partial charge is 0.294 e. The first kappa shape index (κ1) is 13.0. The monoisotopic (exact) mass is 347 g/mol. The van der Waals surface area contributed by atoms with Gasteiger partial charge >= 0.3 is 0 Å². The molecule has 1 fully saturated rings. The van der Waals surface area contributed by atoms with Gasteiger partial charge in [-0.3, -0.25) is 4.79 Å². The van der Waals surface area contributed by atoms with Crippen molar-refractivity contribution in [3.8, 4) is 0 Å². The molecule has 3 heterocycles. The van der Waals surface area contributed by atoms with Gasteiger partial charge in [-0.25, -0.2) is 4.98 Å². The molecule has 4 rings (SSSR count). The number of H-pyrrole nitrogens is 1. The van der Waals surface area contributed by atoms with Crippen LogP contribution >= 0.6 is 15.9 Å². The fourth-order valence-electron chi connectivity index (χ4n) is 2.89. The highest BCUT2D eigenvalue weighted by molar-refractivity contribution is 9.10. The van der Waals surface area contributed by atoms with Crippen molar-refractivity contribution in [1.29, 1.82) is 0 Å². The second-order valence-electron chi connectivity index (χ2n) is 5.37. The summed E-state index contributed by atoms with van der Waals surface area (Å²) < 4.78 is 6.57. The van der Waals surface area contributed by atoms with Crippen LogP contribution in [0.1, 0.15) is 31.1 Å². The number of nitrogens with one attached hydrogen (secondary N) is 2. The van der Waals surface area contributed by atoms with E-state index in [1.165, 1.54) is 6.42 Å². The third-order valence-electron chi connectivity index (χ3n) is 3.94. The molecule has 0 spiro atoms. The normalized spacial score (nSPS) is 19.4. The quantitative estimate of drug-likeness (QED) is 0.708. The van der Waals surface area contributed by atoms with Crippen LogP contribution in [-0.4, -0.2) is 16.5 Å². The molecule has 108 valence electrons. The number of hydrogen-bond donors (Lipinski definition) is 2. The van der Waals surface area contributed by atoms with Gasteiger partial charge in [-0.1, -0.05) is 22.4 Å². The molecule has 21 heavy (non-hydrogen) atoms. The van der Waals surface area contributed by atoms with E-state index in [4.69, 9.17) is 4.42 Å². The summed E-state index contributed by atoms with van der Waals surface area (Å²) in [6, 6.07) is 5.79. The first-order valence-electron chi connectivity index (χ1n) is 7.08. The fraction of sp³-hybridized carbons (Fsp3) is 0.333. The van der Waals surface area contributed by atoms with E-state index < -0.39 is 0 Å². The van der Waals surface area contributed by atoms with Gasteiger partial charge in [0, 0.05) is 9.86 Å². The Morgan fingerprint density at radius 2 is 2.24 bits per heavy atom. The number of aromatic amines is 1. The maximum absolute atomic E-state index is 12.3. The molecular formula is C15H14BrN3O2. The minimum Gasteiger partial charge on any atom is -0.449 e. The molecule has 1 saturated heterocycles. The van der Waals surface area contributed by atoms with Crippen molar-refractivity contribution in [3.05, 3.63) is 38.9 Å². The Labute approximate surface area is 128 Å². The van der Waals surface area contributed by atoms with Crippen LogP contribution in [0.5, 0.6) is 0 Å². The number of aromatic nitrogens is 2. The summed E-state index contributed by atoms with van der Waals surface area (Å²) in [6.07, 6.45) is 3.32. The molecule has 1 aromatic carbocycles. The van der Waals surface area contributed by atoms with E-state index in [0.29, 0.717) is 22.5 Å². The highest BCUT2D eigenvalue weighted by Gasteiger charge is 2.20. The average molecular weight is 348 g/mol. The molecule has 2 N–H and O–H groups in total. The third-order valence-corrected chi connectivity index (χ3v) is 4.44. The van der Waals surface area contributed by atoms with Crippen molar-refractivity contribution in [3.63, 3.8) is 0 Å². The molecule has 2 aromatic heterocycles. The van der Waals surface area contributed by atoms with Crippen LogP contribution in [-0.2, 0) is 0 Å². The standard InChI is InChI=1S/C15H14BrN3O2/c16-8-4-5-11-9(7-8)12-13(21-11)15(20)19-14(18-12)10-3-1-2-6-17-10/h4-5,7,10,17H,1-3,6H2,(H,18,19,20). The average Bonchev–Trinajstić information content (AvgIpc) is 2.87. The molecule has 0 saturated carbocycles. The second-order valence-corrected chi connectivity index (χ2v) is 6.29. The minimum atomic E-state index is -0.213. The summed E-state index contributed by atoms with van der Waals surface area (Å²) in [6.45, 7) is 0.962. The van der Waals surface area contributed by atoms with Gasteiger partial charge in [-0.15, -0.1) is 0 Å². The number of rotatable bonds is 1. The van der Waals surface area contributed by atoms with Crippen molar-refractivity contribution >= 4 is 38.0 Å². The summed E-state index contributed by atoms with van der Waals surface area (Å²) in [5.74, 6) is 0.704. The number of fused-ring (bicyclic) bond motifs is 3. The van der Waals surface area contributed by atoms with Crippen LogP contribution in [0.4, 0.5) is 0 Å². The van der Waals surface area contributed by atoms with Gasteiger partial charge in [0.2, 0.25) is 5.58 Å². The highest BCUT2D eigenvalue weighted by atomic mass is 79.9. The first-order valence-corrected chi connectivity index (χ1v) is 7.87. The molecule has 1 atom stereocenters. The summed E-state index contributed by atoms with van der Waals surface area (Å²) in [7, 11) is 0. The topological polar surface area (TPSA) is 70.9 Å². The zero-order valence-electron chi connectivity index (χ0n) is 11.3. The van der Waals surface area contributed by atoms with Crippen molar-refractivity contribution in [1.82, 2.24) is 15.3 Å². The van der Waals surface area contributed by atoms with E-state index in [1.54, 1.807) is 0 Å². The summed E-state index contributed by atoms with van der Waals surface area (Å²) in [5, 5.41) is 4.27. The molecule has 0 bridgehead atoms. The Bertz CT molecular complexity index is 878. The van der Waals surface area contributed by atoms with Crippen molar-refractivity contribution in [2.75, 3.05) is 6.54 Å². The van der Waals surface area contributed by atoms with Crippen molar-refractivity contribution in [2.45, 2.75) is 25.3 Å². The molecule has 5 nitrogen and oxygen atoms in total. The van der Waals surface area contributed by atoms with Crippen LogP contribution in [0.3, 0.4) is 0 Å². The van der Waals surface area contributed by atoms with Gasteiger partial charge in [-0.2, -0.15) is 0 Å². The van der Waals surface area contributed by atoms with Crippen LogP contribution in [0.25, 0.3) is 22.1 Å². The Morgan fingerprint density at radius 3 is 3.05 bits per heavy atom. The van der Waals surface area contributed by atoms with Gasteiger partial charge in [0.05, 0.1) is 6.04 Å². The maximum Gasteiger partial charge on any atom is 0.294 e. The van der Waals surface area contributed by atoms with Crippen LogP contribution in [0, 0.1) is 0 Å². The molecule has 1 unspecified atom stereocenters. The molecule has 0 amide bonds. The van der Waals surface area contributed by atoms with E-state index >= 15 is 0 Å². The van der Waals surface area contributed by atoms with Gasteiger partial charge in [-0.05, 0) is 37.6 Å². The Morgan fingerprint density at radius 1 is 1.33 bits per heavy atom. The number of halogens is 1. The molecule has 0 radical (unpaired) electrons. The summed E-state index contributed by atoms with van der Waals surface area (Å²) in [4.78, 5) is 19.8. The predicted octanol–water partition coefficient (Wildman–Crippen LogP) is 3.25. The number of benzene rings is 1. The van der Waals surface area contributed by atoms with E-state index in [0.717, 1.165) is 29.2 Å². The van der Waals surface area contributed by atoms with Gasteiger partial charge < -0.3 is 14.7 Å². The third kappa shape index (κ3) is 2.18. The zero-order chi connectivity index (χ0) is 14.4. The lowest BCUT2D eigenvalue weighted by Gasteiger charge is -2.22. The Kier molecular flexibility index (Phi) is 3.08. The van der Waals surface area contributed by atoms with Gasteiger partial charge in [0.1, 0.15) is 16.9 Å². The van der Waals surface area contributed by atoms with Gasteiger partial charge in [0.15, 0.2) is 0 Å². The van der Waals surface area contributed by atoms with E-state index in [-0.39, 0.29) is 11.6 Å². The minimum absolute atomic E-state index is 0.118. The first-order chi connectivity index (χ1) is 10.2. The zero-order valence-corrected chi connectivity index (χ0v) is 12.9. The van der Waals surface area contributed by atoms with Crippen molar-refractivity contribution < 1.29 is 4.42 Å². The van der Waals surface area contributed by atoms with Crippen LogP contribution in [0.2, 0.25) is 0 Å². The van der Waals surface area contributed by atoms with Crippen molar-refractivity contribution in [2.24, 2.45) is 0 Å². The lowest BCUT2D eigenvalue weighted by atomic mass is 10.0. The molecule has 0 aliphatic carbocycles. The largest absolute Gasteiger partial charge is 0.449 e. The highest BCUT2D eigenvalue weighted by Crippen LogP contribution is 2.29. The Hall–Kier alpha value is -1.66. The predicted molar refractivity (Wildman–Crippen MR) is 84.4 cm³/mol. The lowest BCUT2D eigenvalue weighted by Crippen LogP contribution is -2.29.